The minimum atomic E-state index is 0.198. The summed E-state index contributed by atoms with van der Waals surface area (Å²) in [5.41, 5.74) is 1.29. The van der Waals surface area contributed by atoms with Crippen molar-refractivity contribution in [3.8, 4) is 0 Å². The molecule has 4 heteroatoms. The van der Waals surface area contributed by atoms with Gasteiger partial charge in [0, 0.05) is 32.2 Å². The summed E-state index contributed by atoms with van der Waals surface area (Å²) in [7, 11) is 0. The maximum atomic E-state index is 6.08. The Balaban J connectivity index is 1.58. The first kappa shape index (κ1) is 16.3. The van der Waals surface area contributed by atoms with Crippen LogP contribution in [0.15, 0.2) is 35.3 Å². The zero-order chi connectivity index (χ0) is 15.9. The van der Waals surface area contributed by atoms with E-state index < -0.39 is 0 Å². The van der Waals surface area contributed by atoms with E-state index in [9.17, 15) is 0 Å². The fourth-order valence-corrected chi connectivity index (χ4v) is 3.15. The molecule has 0 bridgehead atoms. The van der Waals surface area contributed by atoms with E-state index in [-0.39, 0.29) is 6.10 Å². The zero-order valence-electron chi connectivity index (χ0n) is 14.1. The van der Waals surface area contributed by atoms with Gasteiger partial charge in [0.15, 0.2) is 5.96 Å². The Bertz CT molecular complexity index is 499. The highest BCUT2D eigenvalue weighted by Crippen LogP contribution is 2.33. The molecule has 23 heavy (non-hydrogen) atoms. The molecule has 0 spiro atoms. The Morgan fingerprint density at radius 3 is 2.74 bits per heavy atom. The van der Waals surface area contributed by atoms with Crippen molar-refractivity contribution in [3.63, 3.8) is 0 Å². The van der Waals surface area contributed by atoms with Crippen LogP contribution in [0, 0.1) is 11.8 Å². The predicted molar refractivity (Wildman–Crippen MR) is 94.6 cm³/mol. The van der Waals surface area contributed by atoms with Gasteiger partial charge in [-0.2, -0.15) is 0 Å². The molecule has 2 fully saturated rings. The van der Waals surface area contributed by atoms with E-state index >= 15 is 0 Å². The number of nitrogens with one attached hydrogen (secondary N) is 2. The number of aliphatic imine (C=N–C) groups is 1. The van der Waals surface area contributed by atoms with E-state index in [2.05, 4.69) is 47.9 Å². The number of rotatable bonds is 6. The molecular formula is C19H29N3O. The Kier molecular flexibility index (Phi) is 5.92. The Labute approximate surface area is 139 Å². The van der Waals surface area contributed by atoms with Gasteiger partial charge in [-0.05, 0) is 44.1 Å². The number of benzene rings is 1. The van der Waals surface area contributed by atoms with E-state index in [0.717, 1.165) is 44.5 Å². The van der Waals surface area contributed by atoms with Gasteiger partial charge in [0.2, 0.25) is 0 Å². The van der Waals surface area contributed by atoms with Crippen molar-refractivity contribution in [3.05, 3.63) is 35.9 Å². The van der Waals surface area contributed by atoms with Gasteiger partial charge >= 0.3 is 0 Å². The topological polar surface area (TPSA) is 45.7 Å². The minimum Gasteiger partial charge on any atom is -0.373 e. The first-order chi connectivity index (χ1) is 11.4. The summed E-state index contributed by atoms with van der Waals surface area (Å²) in [5, 5.41) is 6.89. The minimum absolute atomic E-state index is 0.198. The molecule has 1 heterocycles. The molecule has 0 radical (unpaired) electrons. The molecule has 2 N–H and O–H groups in total. The number of ether oxygens (including phenoxy) is 1. The van der Waals surface area contributed by atoms with Crippen LogP contribution in [0.3, 0.4) is 0 Å². The maximum absolute atomic E-state index is 6.08. The van der Waals surface area contributed by atoms with Gasteiger partial charge in [-0.1, -0.05) is 30.3 Å². The van der Waals surface area contributed by atoms with Crippen LogP contribution >= 0.6 is 0 Å². The Morgan fingerprint density at radius 2 is 2.00 bits per heavy atom. The third kappa shape index (κ3) is 4.96. The van der Waals surface area contributed by atoms with E-state index in [4.69, 9.17) is 9.73 Å². The lowest BCUT2D eigenvalue weighted by molar-refractivity contribution is -0.0265. The lowest BCUT2D eigenvalue weighted by Crippen LogP contribution is -2.42. The van der Waals surface area contributed by atoms with Crippen molar-refractivity contribution >= 4 is 5.96 Å². The standard InChI is InChI=1S/C19H29N3O/c1-2-20-19(21-13-15-10-11-15)22-14-17-9-6-12-23-18(17)16-7-4-3-5-8-16/h3-5,7-8,15,17-18H,2,6,9-14H2,1H3,(H2,20,21,22). The quantitative estimate of drug-likeness (QED) is 0.626. The predicted octanol–water partition coefficient (Wildman–Crippen LogP) is 3.12. The van der Waals surface area contributed by atoms with E-state index in [0.29, 0.717) is 5.92 Å². The van der Waals surface area contributed by atoms with Crippen LogP contribution in [0.2, 0.25) is 0 Å². The largest absolute Gasteiger partial charge is 0.373 e. The monoisotopic (exact) mass is 315 g/mol. The van der Waals surface area contributed by atoms with Crippen LogP contribution < -0.4 is 10.6 Å². The summed E-state index contributed by atoms with van der Waals surface area (Å²) < 4.78 is 6.08. The molecule has 1 aliphatic carbocycles. The second-order valence-electron chi connectivity index (χ2n) is 6.65. The highest BCUT2D eigenvalue weighted by atomic mass is 16.5. The van der Waals surface area contributed by atoms with Gasteiger partial charge in [0.1, 0.15) is 0 Å². The van der Waals surface area contributed by atoms with Gasteiger partial charge < -0.3 is 15.4 Å². The number of hydrogen-bond acceptors (Lipinski definition) is 2. The van der Waals surface area contributed by atoms with Crippen molar-refractivity contribution in [2.45, 2.75) is 38.7 Å². The van der Waals surface area contributed by atoms with Crippen molar-refractivity contribution in [2.75, 3.05) is 26.2 Å². The molecule has 2 atom stereocenters. The third-order valence-electron chi connectivity index (χ3n) is 4.65. The summed E-state index contributed by atoms with van der Waals surface area (Å²) >= 11 is 0. The first-order valence-corrected chi connectivity index (χ1v) is 9.05. The summed E-state index contributed by atoms with van der Waals surface area (Å²) in [6, 6.07) is 10.6. The summed E-state index contributed by atoms with van der Waals surface area (Å²) in [6.45, 7) is 5.76. The van der Waals surface area contributed by atoms with Crippen molar-refractivity contribution in [1.82, 2.24) is 10.6 Å². The van der Waals surface area contributed by atoms with Crippen molar-refractivity contribution in [1.29, 1.82) is 0 Å². The van der Waals surface area contributed by atoms with Crippen LogP contribution in [0.1, 0.15) is 44.3 Å². The lowest BCUT2D eigenvalue weighted by atomic mass is 9.89. The van der Waals surface area contributed by atoms with Crippen LogP contribution in [0.25, 0.3) is 0 Å². The normalized spacial score (nSPS) is 25.2. The number of nitrogens with zero attached hydrogens (tertiary/aromatic N) is 1. The van der Waals surface area contributed by atoms with Crippen molar-refractivity contribution < 1.29 is 4.74 Å². The van der Waals surface area contributed by atoms with Gasteiger partial charge in [0.05, 0.1) is 6.10 Å². The highest BCUT2D eigenvalue weighted by molar-refractivity contribution is 5.79. The third-order valence-corrected chi connectivity index (χ3v) is 4.65. The molecule has 0 aromatic heterocycles. The highest BCUT2D eigenvalue weighted by Gasteiger charge is 2.27. The average molecular weight is 315 g/mol. The second-order valence-corrected chi connectivity index (χ2v) is 6.65. The van der Waals surface area contributed by atoms with Gasteiger partial charge in [-0.25, -0.2) is 0 Å². The second kappa shape index (κ2) is 8.34. The first-order valence-electron chi connectivity index (χ1n) is 9.05. The molecule has 1 aromatic rings. The molecule has 1 saturated carbocycles. The smallest absolute Gasteiger partial charge is 0.191 e. The molecule has 1 aliphatic heterocycles. The molecular weight excluding hydrogens is 286 g/mol. The van der Waals surface area contributed by atoms with Gasteiger partial charge in [0.25, 0.3) is 0 Å². The molecule has 1 aromatic carbocycles. The molecule has 0 amide bonds. The molecule has 4 nitrogen and oxygen atoms in total. The summed E-state index contributed by atoms with van der Waals surface area (Å²) in [5.74, 6) is 2.27. The summed E-state index contributed by atoms with van der Waals surface area (Å²) in [6.07, 6.45) is 5.23. The average Bonchev–Trinajstić information content (AvgIpc) is 3.43. The fourth-order valence-electron chi connectivity index (χ4n) is 3.15. The van der Waals surface area contributed by atoms with Gasteiger partial charge in [-0.3, -0.25) is 4.99 Å². The van der Waals surface area contributed by atoms with Crippen LogP contribution in [-0.2, 0) is 4.74 Å². The molecule has 2 unspecified atom stereocenters. The van der Waals surface area contributed by atoms with Gasteiger partial charge in [-0.15, -0.1) is 0 Å². The Morgan fingerprint density at radius 1 is 1.17 bits per heavy atom. The molecule has 126 valence electrons. The van der Waals surface area contributed by atoms with E-state index in [1.165, 1.54) is 24.8 Å². The number of hydrogen-bond donors (Lipinski definition) is 2. The fraction of sp³-hybridized carbons (Fsp3) is 0.632. The SMILES string of the molecule is CCNC(=NCC1CC1)NCC1CCCOC1c1ccccc1. The molecule has 2 aliphatic rings. The number of guanidine groups is 1. The van der Waals surface area contributed by atoms with E-state index in [1.807, 2.05) is 0 Å². The van der Waals surface area contributed by atoms with Crippen LogP contribution in [-0.4, -0.2) is 32.2 Å². The van der Waals surface area contributed by atoms with Crippen LogP contribution in [0.5, 0.6) is 0 Å². The van der Waals surface area contributed by atoms with Crippen molar-refractivity contribution in [2.24, 2.45) is 16.8 Å². The van der Waals surface area contributed by atoms with Crippen LogP contribution in [0.4, 0.5) is 0 Å². The zero-order valence-corrected chi connectivity index (χ0v) is 14.1. The molecule has 1 saturated heterocycles. The van der Waals surface area contributed by atoms with E-state index in [1.54, 1.807) is 0 Å². The lowest BCUT2D eigenvalue weighted by Gasteiger charge is -2.32. The Hall–Kier alpha value is -1.55. The maximum Gasteiger partial charge on any atom is 0.191 e. The summed E-state index contributed by atoms with van der Waals surface area (Å²) in [4.78, 5) is 4.71. The molecule has 3 rings (SSSR count).